The van der Waals surface area contributed by atoms with Crippen LogP contribution in [0.25, 0.3) is 0 Å². The lowest BCUT2D eigenvalue weighted by Crippen LogP contribution is -2.57. The Morgan fingerprint density at radius 1 is 1.26 bits per heavy atom. The fraction of sp³-hybridized carbons (Fsp3) is 0.529. The quantitative estimate of drug-likeness (QED) is 0.838. The number of carbonyl (C=O) groups is 2. The summed E-state index contributed by atoms with van der Waals surface area (Å²) >= 11 is 0. The predicted octanol–water partition coefficient (Wildman–Crippen LogP) is 0.731. The zero-order valence-corrected chi connectivity index (χ0v) is 13.5. The minimum absolute atomic E-state index is 0.0211. The highest BCUT2D eigenvalue weighted by molar-refractivity contribution is 5.88. The second-order valence-corrected chi connectivity index (χ2v) is 6.62. The third-order valence-electron chi connectivity index (χ3n) is 5.14. The number of para-hydroxylation sites is 1. The van der Waals surface area contributed by atoms with Gasteiger partial charge in [-0.05, 0) is 18.9 Å². The van der Waals surface area contributed by atoms with Crippen molar-refractivity contribution >= 4 is 11.8 Å². The van der Waals surface area contributed by atoms with Gasteiger partial charge < -0.3 is 20.1 Å². The maximum atomic E-state index is 12.8. The first-order chi connectivity index (χ1) is 11.0. The van der Waals surface area contributed by atoms with Gasteiger partial charge in [0, 0.05) is 19.2 Å². The van der Waals surface area contributed by atoms with E-state index in [1.807, 2.05) is 24.3 Å². The molecule has 2 N–H and O–H groups in total. The van der Waals surface area contributed by atoms with E-state index in [-0.39, 0.29) is 23.8 Å². The number of hydrogen-bond donors (Lipinski definition) is 1. The van der Waals surface area contributed by atoms with Crippen LogP contribution in [0.2, 0.25) is 0 Å². The average molecular weight is 318 g/mol. The minimum atomic E-state index is -0.574. The molecule has 23 heavy (non-hydrogen) atoms. The molecular weight excluding hydrogens is 296 g/mol. The molecular formula is C17H22N2O4. The summed E-state index contributed by atoms with van der Waals surface area (Å²) in [5, 5.41) is 0. The largest absolute Gasteiger partial charge is 0.496 e. The van der Waals surface area contributed by atoms with Gasteiger partial charge in [0.2, 0.25) is 11.8 Å². The van der Waals surface area contributed by atoms with Crippen molar-refractivity contribution in [1.82, 2.24) is 4.90 Å². The molecule has 0 radical (unpaired) electrons. The van der Waals surface area contributed by atoms with Gasteiger partial charge in [-0.25, -0.2) is 0 Å². The molecule has 1 aromatic rings. The topological polar surface area (TPSA) is 81.9 Å². The third kappa shape index (κ3) is 2.37. The van der Waals surface area contributed by atoms with Gasteiger partial charge in [-0.15, -0.1) is 0 Å². The Kier molecular flexibility index (Phi) is 3.80. The van der Waals surface area contributed by atoms with Crippen molar-refractivity contribution in [2.75, 3.05) is 27.4 Å². The number of carbonyl (C=O) groups excluding carboxylic acids is 2. The molecule has 0 unspecified atom stereocenters. The van der Waals surface area contributed by atoms with Crippen LogP contribution in [-0.2, 0) is 20.7 Å². The van der Waals surface area contributed by atoms with E-state index >= 15 is 0 Å². The van der Waals surface area contributed by atoms with Gasteiger partial charge in [-0.3, -0.25) is 9.59 Å². The number of ether oxygens (including phenoxy) is 2. The Balaban J connectivity index is 1.80. The van der Waals surface area contributed by atoms with Crippen LogP contribution in [0.3, 0.4) is 0 Å². The summed E-state index contributed by atoms with van der Waals surface area (Å²) < 4.78 is 10.6. The number of rotatable bonds is 6. The van der Waals surface area contributed by atoms with Crippen LogP contribution in [0.1, 0.15) is 18.4 Å². The van der Waals surface area contributed by atoms with Crippen LogP contribution < -0.4 is 10.5 Å². The predicted molar refractivity (Wildman–Crippen MR) is 83.9 cm³/mol. The SMILES string of the molecule is COCC12CC(C(N)=O)(CN1C(=O)Cc1ccccc1OC)C2. The fourth-order valence-electron chi connectivity index (χ4n) is 4.14. The standard InChI is InChI=1S/C17H22N2O4/c1-22-11-17-8-16(9-17,15(18)21)10-19(17)14(20)7-12-5-3-4-6-13(12)23-2/h3-6H,7-11H2,1-2H3,(H2,18,21). The van der Waals surface area contributed by atoms with Gasteiger partial charge in [-0.2, -0.15) is 0 Å². The van der Waals surface area contributed by atoms with Crippen molar-refractivity contribution in [1.29, 1.82) is 0 Å². The summed E-state index contributed by atoms with van der Waals surface area (Å²) in [7, 11) is 3.20. The van der Waals surface area contributed by atoms with Gasteiger partial charge in [0.1, 0.15) is 5.75 Å². The summed E-state index contributed by atoms with van der Waals surface area (Å²) in [6.07, 6.45) is 1.44. The summed E-state index contributed by atoms with van der Waals surface area (Å²) in [4.78, 5) is 26.4. The van der Waals surface area contributed by atoms with Crippen molar-refractivity contribution in [3.8, 4) is 5.75 Å². The van der Waals surface area contributed by atoms with Gasteiger partial charge in [-0.1, -0.05) is 18.2 Å². The van der Waals surface area contributed by atoms with Crippen molar-refractivity contribution in [3.05, 3.63) is 29.8 Å². The second-order valence-electron chi connectivity index (χ2n) is 6.62. The summed E-state index contributed by atoms with van der Waals surface area (Å²) in [5.41, 5.74) is 5.43. The zero-order valence-electron chi connectivity index (χ0n) is 13.5. The van der Waals surface area contributed by atoms with Crippen LogP contribution in [0, 0.1) is 5.41 Å². The molecule has 1 saturated carbocycles. The van der Waals surface area contributed by atoms with Crippen molar-refractivity contribution in [2.45, 2.75) is 24.8 Å². The molecule has 0 atom stereocenters. The maximum absolute atomic E-state index is 12.8. The lowest BCUT2D eigenvalue weighted by atomic mass is 9.62. The maximum Gasteiger partial charge on any atom is 0.227 e. The van der Waals surface area contributed by atoms with Crippen LogP contribution in [-0.4, -0.2) is 49.6 Å². The number of nitrogens with zero attached hydrogens (tertiary/aromatic N) is 1. The number of amides is 2. The smallest absolute Gasteiger partial charge is 0.227 e. The minimum Gasteiger partial charge on any atom is -0.496 e. The molecule has 2 amide bonds. The monoisotopic (exact) mass is 318 g/mol. The second kappa shape index (κ2) is 5.53. The van der Waals surface area contributed by atoms with Gasteiger partial charge in [0.15, 0.2) is 0 Å². The average Bonchev–Trinajstić information content (AvgIpc) is 3.00. The van der Waals surface area contributed by atoms with E-state index in [0.29, 0.717) is 31.7 Å². The molecule has 4 rings (SSSR count). The lowest BCUT2D eigenvalue weighted by molar-refractivity contribution is -0.139. The highest BCUT2D eigenvalue weighted by Crippen LogP contribution is 2.59. The summed E-state index contributed by atoms with van der Waals surface area (Å²) in [5.74, 6) is 0.349. The highest BCUT2D eigenvalue weighted by Gasteiger charge is 2.69. The van der Waals surface area contributed by atoms with Crippen LogP contribution in [0.5, 0.6) is 5.75 Å². The van der Waals surface area contributed by atoms with Gasteiger partial charge >= 0.3 is 0 Å². The van der Waals surface area contributed by atoms with E-state index in [1.165, 1.54) is 0 Å². The van der Waals surface area contributed by atoms with Gasteiger partial charge in [0.25, 0.3) is 0 Å². The Bertz CT molecular complexity index is 637. The molecule has 124 valence electrons. The highest BCUT2D eigenvalue weighted by atomic mass is 16.5. The van der Waals surface area contributed by atoms with E-state index in [4.69, 9.17) is 15.2 Å². The number of methoxy groups -OCH3 is 2. The Morgan fingerprint density at radius 2 is 1.96 bits per heavy atom. The first-order valence-corrected chi connectivity index (χ1v) is 7.68. The van der Waals surface area contributed by atoms with Crippen molar-refractivity contribution < 1.29 is 19.1 Å². The van der Waals surface area contributed by atoms with Crippen molar-refractivity contribution in [2.24, 2.45) is 11.1 Å². The fourth-order valence-corrected chi connectivity index (χ4v) is 4.14. The number of primary amides is 1. The van der Waals surface area contributed by atoms with Crippen molar-refractivity contribution in [3.63, 3.8) is 0 Å². The van der Waals surface area contributed by atoms with E-state index in [0.717, 1.165) is 5.56 Å². The van der Waals surface area contributed by atoms with Crippen LogP contribution >= 0.6 is 0 Å². The molecule has 2 heterocycles. The third-order valence-corrected chi connectivity index (χ3v) is 5.14. The molecule has 2 aliphatic heterocycles. The molecule has 3 aliphatic rings. The molecule has 2 bridgehead atoms. The Morgan fingerprint density at radius 3 is 2.57 bits per heavy atom. The molecule has 2 saturated heterocycles. The summed E-state index contributed by atoms with van der Waals surface area (Å²) in [6.45, 7) is 0.819. The lowest BCUT2D eigenvalue weighted by Gasteiger charge is -2.45. The van der Waals surface area contributed by atoms with E-state index in [1.54, 1.807) is 19.1 Å². The Hall–Kier alpha value is -2.08. The van der Waals surface area contributed by atoms with Crippen LogP contribution in [0.15, 0.2) is 24.3 Å². The number of fused-ring (bicyclic) bond motifs is 1. The molecule has 3 fully saturated rings. The Labute approximate surface area is 135 Å². The first kappa shape index (κ1) is 15.8. The molecule has 0 spiro atoms. The van der Waals surface area contributed by atoms with Gasteiger partial charge in [0.05, 0.1) is 31.1 Å². The first-order valence-electron chi connectivity index (χ1n) is 7.68. The molecule has 1 aromatic carbocycles. The molecule has 6 nitrogen and oxygen atoms in total. The van der Waals surface area contributed by atoms with E-state index in [2.05, 4.69) is 0 Å². The number of nitrogens with two attached hydrogens (primary N) is 1. The normalized spacial score (nSPS) is 28.3. The van der Waals surface area contributed by atoms with E-state index < -0.39 is 5.41 Å². The van der Waals surface area contributed by atoms with Crippen LogP contribution in [0.4, 0.5) is 0 Å². The summed E-state index contributed by atoms with van der Waals surface area (Å²) in [6, 6.07) is 7.46. The van der Waals surface area contributed by atoms with E-state index in [9.17, 15) is 9.59 Å². The molecule has 1 aliphatic carbocycles. The molecule has 6 heteroatoms. The number of benzene rings is 1. The zero-order chi connectivity index (χ0) is 16.7. The molecule has 0 aromatic heterocycles. The number of hydrogen-bond acceptors (Lipinski definition) is 4.